The van der Waals surface area contributed by atoms with Crippen molar-refractivity contribution in [2.45, 2.75) is 0 Å². The van der Waals surface area contributed by atoms with Crippen LogP contribution in [-0.2, 0) is 4.79 Å². The Morgan fingerprint density at radius 3 is 2.79 bits per heavy atom. The van der Waals surface area contributed by atoms with E-state index in [1.54, 1.807) is 12.1 Å². The SMILES string of the molecule is COc1cc2ncnc(Nc3ccc(F)c(Cl)c3)c2cc1Oc1ccc(C#CC(=O)NO)o1. The molecule has 2 aromatic heterocycles. The first kappa shape index (κ1) is 21.9. The Labute approximate surface area is 191 Å². The number of ether oxygens (including phenoxy) is 2. The van der Waals surface area contributed by atoms with Gasteiger partial charge in [0.2, 0.25) is 0 Å². The Morgan fingerprint density at radius 2 is 2.03 bits per heavy atom. The molecular weight excluding hydrogens is 455 g/mol. The predicted octanol–water partition coefficient (Wildman–Crippen LogP) is 4.42. The fourth-order valence-corrected chi connectivity index (χ4v) is 2.99. The van der Waals surface area contributed by atoms with Crippen molar-refractivity contribution < 1.29 is 28.3 Å². The van der Waals surface area contributed by atoms with Crippen LogP contribution in [0.1, 0.15) is 5.76 Å². The summed E-state index contributed by atoms with van der Waals surface area (Å²) in [5.41, 5.74) is 2.49. The van der Waals surface area contributed by atoms with Crippen LogP contribution in [0, 0.1) is 17.7 Å². The minimum atomic E-state index is -0.882. The number of carbonyl (C=O) groups is 1. The normalized spacial score (nSPS) is 10.3. The van der Waals surface area contributed by atoms with E-state index in [4.69, 9.17) is 30.7 Å². The van der Waals surface area contributed by atoms with Crippen LogP contribution < -0.4 is 20.3 Å². The van der Waals surface area contributed by atoms with Crippen molar-refractivity contribution in [3.05, 3.63) is 65.4 Å². The third-order valence-corrected chi connectivity index (χ3v) is 4.59. The van der Waals surface area contributed by atoms with E-state index in [2.05, 4.69) is 27.1 Å². The third kappa shape index (κ3) is 4.95. The number of nitrogens with zero attached hydrogens (tertiary/aromatic N) is 2. The van der Waals surface area contributed by atoms with E-state index >= 15 is 0 Å². The molecule has 2 heterocycles. The Balaban J connectivity index is 1.67. The molecule has 0 saturated heterocycles. The van der Waals surface area contributed by atoms with Crippen LogP contribution in [0.5, 0.6) is 17.4 Å². The van der Waals surface area contributed by atoms with E-state index in [0.29, 0.717) is 33.9 Å². The lowest BCUT2D eigenvalue weighted by Gasteiger charge is -2.13. The van der Waals surface area contributed by atoms with Crippen LogP contribution in [0.3, 0.4) is 0 Å². The quantitative estimate of drug-likeness (QED) is 0.224. The van der Waals surface area contributed by atoms with Gasteiger partial charge in [-0.1, -0.05) is 11.6 Å². The van der Waals surface area contributed by atoms with Gasteiger partial charge in [-0.3, -0.25) is 10.0 Å². The number of benzene rings is 2. The summed E-state index contributed by atoms with van der Waals surface area (Å²) in [4.78, 5) is 19.5. The van der Waals surface area contributed by atoms with Gasteiger partial charge in [-0.05, 0) is 36.3 Å². The third-order valence-electron chi connectivity index (χ3n) is 4.30. The van der Waals surface area contributed by atoms with Crippen LogP contribution in [0.2, 0.25) is 5.02 Å². The standard InChI is InChI=1S/C22H14ClFN4O5/c1-31-18-10-17-14(22(26-11-25-17)27-12-2-5-16(24)15(23)8-12)9-19(18)33-21-7-4-13(32-21)3-6-20(29)28-30/h2,4-5,7-11,30H,1H3,(H,28,29)(H,25,26,27). The molecule has 3 N–H and O–H groups in total. The van der Waals surface area contributed by atoms with Crippen LogP contribution in [-0.4, -0.2) is 28.2 Å². The lowest BCUT2D eigenvalue weighted by molar-refractivity contribution is -0.123. The van der Waals surface area contributed by atoms with E-state index in [9.17, 15) is 9.18 Å². The highest BCUT2D eigenvalue weighted by Gasteiger charge is 2.14. The lowest BCUT2D eigenvalue weighted by Crippen LogP contribution is -2.15. The second-order valence-electron chi connectivity index (χ2n) is 6.41. The molecule has 11 heteroatoms. The fraction of sp³-hybridized carbons (Fsp3) is 0.0455. The Hall–Kier alpha value is -4.33. The van der Waals surface area contributed by atoms with Gasteiger partial charge < -0.3 is 19.2 Å². The molecule has 0 saturated carbocycles. The molecule has 0 aliphatic carbocycles. The number of nitrogens with one attached hydrogen (secondary N) is 2. The average Bonchev–Trinajstić information content (AvgIpc) is 3.27. The summed E-state index contributed by atoms with van der Waals surface area (Å²) in [5, 5.41) is 12.1. The Bertz CT molecular complexity index is 1410. The lowest BCUT2D eigenvalue weighted by atomic mass is 10.2. The molecule has 33 heavy (non-hydrogen) atoms. The highest BCUT2D eigenvalue weighted by atomic mass is 35.5. The number of hydrogen-bond acceptors (Lipinski definition) is 8. The summed E-state index contributed by atoms with van der Waals surface area (Å²) in [7, 11) is 1.47. The average molecular weight is 469 g/mol. The minimum absolute atomic E-state index is 0.0303. The number of anilines is 2. The van der Waals surface area contributed by atoms with Crippen molar-refractivity contribution in [1.29, 1.82) is 0 Å². The number of fused-ring (bicyclic) bond motifs is 1. The molecule has 0 radical (unpaired) electrons. The highest BCUT2D eigenvalue weighted by molar-refractivity contribution is 6.31. The van der Waals surface area contributed by atoms with Crippen molar-refractivity contribution in [2.75, 3.05) is 12.4 Å². The predicted molar refractivity (Wildman–Crippen MR) is 116 cm³/mol. The number of halogens is 2. The molecule has 0 fully saturated rings. The van der Waals surface area contributed by atoms with Crippen molar-refractivity contribution in [3.63, 3.8) is 0 Å². The summed E-state index contributed by atoms with van der Waals surface area (Å²) in [5.74, 6) is 4.47. The number of methoxy groups -OCH3 is 1. The molecule has 0 atom stereocenters. The van der Waals surface area contributed by atoms with E-state index in [1.807, 2.05) is 0 Å². The smallest absolute Gasteiger partial charge is 0.319 e. The molecule has 0 aliphatic rings. The van der Waals surface area contributed by atoms with Gasteiger partial charge in [0.25, 0.3) is 5.95 Å². The molecule has 1 amide bonds. The van der Waals surface area contributed by atoms with E-state index < -0.39 is 11.7 Å². The van der Waals surface area contributed by atoms with Crippen molar-refractivity contribution in [3.8, 4) is 29.3 Å². The van der Waals surface area contributed by atoms with Crippen molar-refractivity contribution >= 4 is 39.9 Å². The van der Waals surface area contributed by atoms with Crippen LogP contribution >= 0.6 is 11.6 Å². The second-order valence-corrected chi connectivity index (χ2v) is 6.82. The molecule has 2 aromatic carbocycles. The number of amides is 1. The molecule has 0 bridgehead atoms. The number of carbonyl (C=O) groups excluding carboxylic acids is 1. The summed E-state index contributed by atoms with van der Waals surface area (Å²) in [6, 6.07) is 10.5. The van der Waals surface area contributed by atoms with Gasteiger partial charge in [0.15, 0.2) is 17.3 Å². The number of hydroxylamine groups is 1. The maximum Gasteiger partial charge on any atom is 0.319 e. The van der Waals surface area contributed by atoms with E-state index in [0.717, 1.165) is 0 Å². The van der Waals surface area contributed by atoms with E-state index in [1.165, 1.54) is 49.2 Å². The summed E-state index contributed by atoms with van der Waals surface area (Å²) in [6.07, 6.45) is 1.37. The number of hydrogen-bond donors (Lipinski definition) is 3. The number of aromatic nitrogens is 2. The molecule has 166 valence electrons. The first-order chi connectivity index (χ1) is 16.0. The van der Waals surface area contributed by atoms with Crippen LogP contribution in [0.15, 0.2) is 53.2 Å². The molecule has 9 nitrogen and oxygen atoms in total. The molecular formula is C22H14ClFN4O5. The maximum atomic E-state index is 13.5. The highest BCUT2D eigenvalue weighted by Crippen LogP contribution is 2.37. The van der Waals surface area contributed by atoms with Crippen LogP contribution in [0.4, 0.5) is 15.9 Å². The molecule has 0 unspecified atom stereocenters. The topological polar surface area (TPSA) is 119 Å². The zero-order valence-electron chi connectivity index (χ0n) is 16.8. The Morgan fingerprint density at radius 1 is 1.18 bits per heavy atom. The van der Waals surface area contributed by atoms with Crippen molar-refractivity contribution in [1.82, 2.24) is 15.4 Å². The zero-order valence-corrected chi connectivity index (χ0v) is 17.6. The Kier molecular flexibility index (Phi) is 6.26. The van der Waals surface area contributed by atoms with Gasteiger partial charge in [-0.2, -0.15) is 0 Å². The van der Waals surface area contributed by atoms with Gasteiger partial charge in [0, 0.05) is 29.1 Å². The van der Waals surface area contributed by atoms with Gasteiger partial charge in [0.1, 0.15) is 18.0 Å². The van der Waals surface area contributed by atoms with Gasteiger partial charge in [0.05, 0.1) is 17.6 Å². The summed E-state index contributed by atoms with van der Waals surface area (Å²) >= 11 is 5.86. The first-order valence-electron chi connectivity index (χ1n) is 9.25. The fourth-order valence-electron chi connectivity index (χ4n) is 2.81. The van der Waals surface area contributed by atoms with Crippen molar-refractivity contribution in [2.24, 2.45) is 0 Å². The molecule has 4 rings (SSSR count). The molecule has 0 aliphatic heterocycles. The van der Waals surface area contributed by atoms with Gasteiger partial charge >= 0.3 is 5.91 Å². The number of furan rings is 1. The molecule has 0 spiro atoms. The first-order valence-corrected chi connectivity index (χ1v) is 9.63. The van der Waals surface area contributed by atoms with E-state index in [-0.39, 0.29) is 16.7 Å². The van der Waals surface area contributed by atoms with Crippen LogP contribution in [0.25, 0.3) is 10.9 Å². The van der Waals surface area contributed by atoms with Gasteiger partial charge in [-0.25, -0.2) is 19.8 Å². The monoisotopic (exact) mass is 468 g/mol. The van der Waals surface area contributed by atoms with Gasteiger partial charge in [-0.15, -0.1) is 0 Å². The zero-order chi connectivity index (χ0) is 23.4. The largest absolute Gasteiger partial charge is 0.493 e. The second kappa shape index (κ2) is 9.44. The number of rotatable bonds is 5. The summed E-state index contributed by atoms with van der Waals surface area (Å²) < 4.78 is 30.1. The minimum Gasteiger partial charge on any atom is -0.493 e. The maximum absolute atomic E-state index is 13.5. The molecule has 4 aromatic rings. The summed E-state index contributed by atoms with van der Waals surface area (Å²) in [6.45, 7) is 0.